The standard InChI is InChI=1S/C13H17NO4/c1-9(15)6-13(16)14-8-10-7-11(17-2)4-5-12(10)18-3/h4-5,7H,6,8H2,1-3H3,(H,14,16). The van der Waals surface area contributed by atoms with Crippen molar-refractivity contribution in [2.24, 2.45) is 0 Å². The Hall–Kier alpha value is -2.04. The zero-order valence-corrected chi connectivity index (χ0v) is 10.8. The van der Waals surface area contributed by atoms with Crippen LogP contribution in [0.1, 0.15) is 18.9 Å². The Morgan fingerprint density at radius 2 is 1.94 bits per heavy atom. The van der Waals surface area contributed by atoms with Gasteiger partial charge in [0.25, 0.3) is 0 Å². The van der Waals surface area contributed by atoms with Crippen LogP contribution in [0.25, 0.3) is 0 Å². The molecule has 0 atom stereocenters. The molecular formula is C13H17NO4. The fraction of sp³-hybridized carbons (Fsp3) is 0.385. The van der Waals surface area contributed by atoms with Gasteiger partial charge in [0.05, 0.1) is 20.6 Å². The highest BCUT2D eigenvalue weighted by Gasteiger charge is 2.08. The summed E-state index contributed by atoms with van der Waals surface area (Å²) >= 11 is 0. The SMILES string of the molecule is COc1ccc(OC)c(CNC(=O)CC(C)=O)c1. The van der Waals surface area contributed by atoms with Crippen molar-refractivity contribution in [1.29, 1.82) is 0 Å². The van der Waals surface area contributed by atoms with Crippen LogP contribution >= 0.6 is 0 Å². The quantitative estimate of drug-likeness (QED) is 0.774. The molecule has 1 aromatic carbocycles. The molecule has 0 fully saturated rings. The Bertz CT molecular complexity index is 443. The summed E-state index contributed by atoms with van der Waals surface area (Å²) in [6, 6.07) is 5.33. The van der Waals surface area contributed by atoms with Crippen molar-refractivity contribution >= 4 is 11.7 Å². The van der Waals surface area contributed by atoms with E-state index in [-0.39, 0.29) is 18.1 Å². The summed E-state index contributed by atoms with van der Waals surface area (Å²) in [6.07, 6.45) is -0.105. The number of methoxy groups -OCH3 is 2. The van der Waals surface area contributed by atoms with Crippen molar-refractivity contribution in [1.82, 2.24) is 5.32 Å². The number of carbonyl (C=O) groups is 2. The second-order valence-corrected chi connectivity index (χ2v) is 3.83. The number of ether oxygens (including phenoxy) is 2. The molecule has 18 heavy (non-hydrogen) atoms. The second-order valence-electron chi connectivity index (χ2n) is 3.83. The molecule has 0 spiro atoms. The summed E-state index contributed by atoms with van der Waals surface area (Å²) in [5.74, 6) is 0.892. The van der Waals surface area contributed by atoms with Crippen LogP contribution in [0.5, 0.6) is 11.5 Å². The van der Waals surface area contributed by atoms with Gasteiger partial charge in [0.1, 0.15) is 17.3 Å². The van der Waals surface area contributed by atoms with Crippen LogP contribution in [0.2, 0.25) is 0 Å². The molecule has 1 amide bonds. The number of hydrogen-bond donors (Lipinski definition) is 1. The summed E-state index contributed by atoms with van der Waals surface area (Å²) in [4.78, 5) is 22.2. The first-order valence-electron chi connectivity index (χ1n) is 5.54. The lowest BCUT2D eigenvalue weighted by Gasteiger charge is -2.11. The van der Waals surface area contributed by atoms with Gasteiger partial charge in [0.15, 0.2) is 0 Å². The number of ketones is 1. The van der Waals surface area contributed by atoms with Crippen LogP contribution < -0.4 is 14.8 Å². The molecule has 0 bridgehead atoms. The topological polar surface area (TPSA) is 64.6 Å². The highest BCUT2D eigenvalue weighted by molar-refractivity contribution is 5.96. The van der Waals surface area contributed by atoms with Gasteiger partial charge in [0, 0.05) is 12.1 Å². The van der Waals surface area contributed by atoms with Gasteiger partial charge in [-0.3, -0.25) is 9.59 Å². The van der Waals surface area contributed by atoms with E-state index in [9.17, 15) is 9.59 Å². The fourth-order valence-corrected chi connectivity index (χ4v) is 1.50. The van der Waals surface area contributed by atoms with E-state index in [0.29, 0.717) is 18.0 Å². The lowest BCUT2D eigenvalue weighted by atomic mass is 10.2. The summed E-state index contributed by atoms with van der Waals surface area (Å²) in [6.45, 7) is 1.68. The van der Waals surface area contributed by atoms with Gasteiger partial charge >= 0.3 is 0 Å². The monoisotopic (exact) mass is 251 g/mol. The molecular weight excluding hydrogens is 234 g/mol. The van der Waals surface area contributed by atoms with E-state index in [2.05, 4.69) is 5.32 Å². The molecule has 1 aromatic rings. The zero-order valence-electron chi connectivity index (χ0n) is 10.8. The van der Waals surface area contributed by atoms with Gasteiger partial charge in [-0.25, -0.2) is 0 Å². The number of Topliss-reactive ketones (excluding diaryl/α,β-unsaturated/α-hetero) is 1. The molecule has 0 saturated carbocycles. The molecule has 0 heterocycles. The van der Waals surface area contributed by atoms with Crippen LogP contribution in [-0.2, 0) is 16.1 Å². The average Bonchev–Trinajstić information content (AvgIpc) is 2.35. The van der Waals surface area contributed by atoms with E-state index in [1.807, 2.05) is 0 Å². The van der Waals surface area contributed by atoms with E-state index >= 15 is 0 Å². The van der Waals surface area contributed by atoms with Crippen molar-refractivity contribution < 1.29 is 19.1 Å². The van der Waals surface area contributed by atoms with Crippen LogP contribution in [0.15, 0.2) is 18.2 Å². The number of benzene rings is 1. The smallest absolute Gasteiger partial charge is 0.227 e. The van der Waals surface area contributed by atoms with Crippen LogP contribution in [0.3, 0.4) is 0 Å². The normalized spacial score (nSPS) is 9.72. The highest BCUT2D eigenvalue weighted by Crippen LogP contribution is 2.23. The second kappa shape index (κ2) is 6.64. The van der Waals surface area contributed by atoms with Gasteiger partial charge < -0.3 is 14.8 Å². The fourth-order valence-electron chi connectivity index (χ4n) is 1.50. The van der Waals surface area contributed by atoms with E-state index in [4.69, 9.17) is 9.47 Å². The summed E-state index contributed by atoms with van der Waals surface area (Å²) in [7, 11) is 3.13. The molecule has 0 aliphatic rings. The minimum absolute atomic E-state index is 0.105. The van der Waals surface area contributed by atoms with Crippen LogP contribution in [0, 0.1) is 0 Å². The Balaban J connectivity index is 2.70. The van der Waals surface area contributed by atoms with Gasteiger partial charge in [0.2, 0.25) is 5.91 Å². The lowest BCUT2D eigenvalue weighted by Crippen LogP contribution is -2.24. The summed E-state index contributed by atoms with van der Waals surface area (Å²) in [5, 5.41) is 2.66. The molecule has 5 nitrogen and oxygen atoms in total. The largest absolute Gasteiger partial charge is 0.497 e. The van der Waals surface area contributed by atoms with Crippen LogP contribution in [0.4, 0.5) is 0 Å². The highest BCUT2D eigenvalue weighted by atomic mass is 16.5. The average molecular weight is 251 g/mol. The van der Waals surface area contributed by atoms with Crippen molar-refractivity contribution in [3.05, 3.63) is 23.8 Å². The first kappa shape index (κ1) is 14.0. The van der Waals surface area contributed by atoms with E-state index in [1.165, 1.54) is 6.92 Å². The number of amides is 1. The Morgan fingerprint density at radius 1 is 1.22 bits per heavy atom. The third-order valence-corrected chi connectivity index (χ3v) is 2.37. The Morgan fingerprint density at radius 3 is 2.50 bits per heavy atom. The Labute approximate surface area is 106 Å². The van der Waals surface area contributed by atoms with Gasteiger partial charge in [-0.05, 0) is 25.1 Å². The van der Waals surface area contributed by atoms with Gasteiger partial charge in [-0.15, -0.1) is 0 Å². The van der Waals surface area contributed by atoms with Gasteiger partial charge in [-0.1, -0.05) is 0 Å². The molecule has 0 unspecified atom stereocenters. The van der Waals surface area contributed by atoms with Gasteiger partial charge in [-0.2, -0.15) is 0 Å². The molecule has 0 radical (unpaired) electrons. The Kier molecular flexibility index (Phi) is 5.17. The first-order valence-corrected chi connectivity index (χ1v) is 5.54. The summed E-state index contributed by atoms with van der Waals surface area (Å²) < 4.78 is 10.3. The molecule has 5 heteroatoms. The maximum Gasteiger partial charge on any atom is 0.227 e. The molecule has 1 rings (SSSR count). The molecule has 98 valence electrons. The molecule has 0 aliphatic heterocycles. The zero-order chi connectivity index (χ0) is 13.5. The molecule has 1 N–H and O–H groups in total. The number of hydrogen-bond acceptors (Lipinski definition) is 4. The predicted molar refractivity (Wildman–Crippen MR) is 66.7 cm³/mol. The minimum Gasteiger partial charge on any atom is -0.497 e. The lowest BCUT2D eigenvalue weighted by molar-refractivity contribution is -0.127. The van der Waals surface area contributed by atoms with Crippen LogP contribution in [-0.4, -0.2) is 25.9 Å². The number of nitrogens with one attached hydrogen (secondary N) is 1. The first-order chi connectivity index (χ1) is 8.56. The van der Waals surface area contributed by atoms with E-state index in [1.54, 1.807) is 32.4 Å². The maximum atomic E-state index is 11.4. The summed E-state index contributed by atoms with van der Waals surface area (Å²) in [5.41, 5.74) is 0.800. The maximum absolute atomic E-state index is 11.4. The van der Waals surface area contributed by atoms with Crippen molar-refractivity contribution in [3.63, 3.8) is 0 Å². The predicted octanol–water partition coefficient (Wildman–Crippen LogP) is 1.30. The third kappa shape index (κ3) is 4.08. The van der Waals surface area contributed by atoms with E-state index in [0.717, 1.165) is 5.56 Å². The van der Waals surface area contributed by atoms with Crippen molar-refractivity contribution in [2.45, 2.75) is 19.9 Å². The molecule has 0 saturated heterocycles. The number of rotatable bonds is 6. The van der Waals surface area contributed by atoms with E-state index < -0.39 is 0 Å². The third-order valence-electron chi connectivity index (χ3n) is 2.37. The number of carbonyl (C=O) groups excluding carboxylic acids is 2. The minimum atomic E-state index is -0.299. The van der Waals surface area contributed by atoms with Crippen molar-refractivity contribution in [2.75, 3.05) is 14.2 Å². The van der Waals surface area contributed by atoms with Crippen molar-refractivity contribution in [3.8, 4) is 11.5 Å². The molecule has 0 aromatic heterocycles. The molecule has 0 aliphatic carbocycles.